The molecular weight excluding hydrogens is 328 g/mol. The van der Waals surface area contributed by atoms with E-state index in [2.05, 4.69) is 27.4 Å². The van der Waals surface area contributed by atoms with Gasteiger partial charge in [0, 0.05) is 25.6 Å². The van der Waals surface area contributed by atoms with Crippen molar-refractivity contribution in [3.63, 3.8) is 0 Å². The van der Waals surface area contributed by atoms with Gasteiger partial charge in [-0.25, -0.2) is 0 Å². The first kappa shape index (κ1) is 18.2. The van der Waals surface area contributed by atoms with Crippen LogP contribution in [0.3, 0.4) is 0 Å². The number of amides is 1. The van der Waals surface area contributed by atoms with Crippen LogP contribution in [0.1, 0.15) is 32.3 Å². The summed E-state index contributed by atoms with van der Waals surface area (Å²) in [5.74, 6) is 1.41. The van der Waals surface area contributed by atoms with Gasteiger partial charge in [0.05, 0.1) is 18.5 Å². The van der Waals surface area contributed by atoms with Gasteiger partial charge in [0.25, 0.3) is 0 Å². The molecule has 1 fully saturated rings. The zero-order valence-corrected chi connectivity index (χ0v) is 15.4. The lowest BCUT2D eigenvalue weighted by Gasteiger charge is -2.18. The molecule has 2 heterocycles. The molecule has 1 aromatic carbocycles. The number of anilines is 1. The van der Waals surface area contributed by atoms with Crippen LogP contribution in [-0.4, -0.2) is 46.0 Å². The van der Waals surface area contributed by atoms with Crippen molar-refractivity contribution in [3.8, 4) is 5.88 Å². The number of likely N-dealkylation sites (tertiary alicyclic amines) is 1. The molecule has 0 saturated carbocycles. The summed E-state index contributed by atoms with van der Waals surface area (Å²) >= 11 is 0. The van der Waals surface area contributed by atoms with Crippen LogP contribution in [0.5, 0.6) is 5.88 Å². The molecule has 1 N–H and O–H groups in total. The minimum atomic E-state index is 0.0590. The average Bonchev–Trinajstić information content (AvgIpc) is 3.09. The Morgan fingerprint density at radius 3 is 2.88 bits per heavy atom. The molecule has 3 rings (SSSR count). The van der Waals surface area contributed by atoms with Gasteiger partial charge in [0.2, 0.25) is 11.8 Å². The Labute approximate surface area is 154 Å². The van der Waals surface area contributed by atoms with E-state index in [9.17, 15) is 4.79 Å². The number of carbonyl (C=O) groups is 1. The first-order valence-corrected chi connectivity index (χ1v) is 9.17. The first-order chi connectivity index (χ1) is 12.6. The van der Waals surface area contributed by atoms with Crippen LogP contribution in [0.25, 0.3) is 0 Å². The van der Waals surface area contributed by atoms with Crippen molar-refractivity contribution in [2.75, 3.05) is 18.4 Å². The molecule has 2 aromatic rings. The molecule has 26 heavy (non-hydrogen) atoms. The van der Waals surface area contributed by atoms with Crippen LogP contribution in [-0.2, 0) is 11.2 Å². The van der Waals surface area contributed by atoms with Crippen molar-refractivity contribution in [2.24, 2.45) is 0 Å². The summed E-state index contributed by atoms with van der Waals surface area (Å²) < 4.78 is 5.57. The summed E-state index contributed by atoms with van der Waals surface area (Å²) in [6.45, 7) is 5.39. The lowest BCUT2D eigenvalue weighted by molar-refractivity contribution is -0.130. The van der Waals surface area contributed by atoms with Gasteiger partial charge in [0.1, 0.15) is 5.82 Å². The molecule has 1 aromatic heterocycles. The lowest BCUT2D eigenvalue weighted by atomic mass is 10.1. The molecule has 1 aliphatic heterocycles. The minimum absolute atomic E-state index is 0.0590. The van der Waals surface area contributed by atoms with Crippen LogP contribution in [0.4, 0.5) is 5.82 Å². The van der Waals surface area contributed by atoms with Crippen molar-refractivity contribution < 1.29 is 9.53 Å². The van der Waals surface area contributed by atoms with Gasteiger partial charge < -0.3 is 15.0 Å². The van der Waals surface area contributed by atoms with E-state index < -0.39 is 0 Å². The van der Waals surface area contributed by atoms with E-state index in [1.807, 2.05) is 36.9 Å². The molecule has 1 saturated heterocycles. The highest BCUT2D eigenvalue weighted by Crippen LogP contribution is 2.17. The number of nitrogens with one attached hydrogen (secondary N) is 1. The number of aryl methyl sites for hydroxylation is 1. The maximum absolute atomic E-state index is 12.4. The standard InChI is InChI=1S/C20H26N4O2/c1-15(2)26-19-13-21-12-18(23-19)22-17-10-11-24(14-17)20(25)9-8-16-6-4-3-5-7-16/h3-7,12-13,15,17H,8-11,14H2,1-2H3,(H,22,23). The summed E-state index contributed by atoms with van der Waals surface area (Å²) in [6.07, 6.45) is 5.60. The van der Waals surface area contributed by atoms with Gasteiger partial charge in [0.15, 0.2) is 0 Å². The maximum atomic E-state index is 12.4. The van der Waals surface area contributed by atoms with Gasteiger partial charge in [-0.3, -0.25) is 9.78 Å². The van der Waals surface area contributed by atoms with Crippen molar-refractivity contribution in [2.45, 2.75) is 45.3 Å². The van der Waals surface area contributed by atoms with E-state index in [0.717, 1.165) is 19.4 Å². The van der Waals surface area contributed by atoms with Crippen molar-refractivity contribution >= 4 is 11.7 Å². The third kappa shape index (κ3) is 5.18. The number of nitrogens with zero attached hydrogens (tertiary/aromatic N) is 3. The molecule has 0 aliphatic carbocycles. The highest BCUT2D eigenvalue weighted by Gasteiger charge is 2.26. The van der Waals surface area contributed by atoms with Gasteiger partial charge in [-0.2, -0.15) is 4.98 Å². The van der Waals surface area contributed by atoms with Gasteiger partial charge in [-0.15, -0.1) is 0 Å². The molecule has 1 aliphatic rings. The Kier molecular flexibility index (Phi) is 6.04. The summed E-state index contributed by atoms with van der Waals surface area (Å²) in [5.41, 5.74) is 1.20. The van der Waals surface area contributed by atoms with Gasteiger partial charge in [-0.05, 0) is 32.3 Å². The fourth-order valence-corrected chi connectivity index (χ4v) is 3.08. The maximum Gasteiger partial charge on any atom is 0.234 e. The van der Waals surface area contributed by atoms with Crippen molar-refractivity contribution in [3.05, 3.63) is 48.3 Å². The van der Waals surface area contributed by atoms with Crippen LogP contribution < -0.4 is 10.1 Å². The quantitative estimate of drug-likeness (QED) is 0.828. The number of hydrogen-bond acceptors (Lipinski definition) is 5. The predicted octanol–water partition coefficient (Wildman–Crippen LogP) is 2.91. The van der Waals surface area contributed by atoms with E-state index in [1.165, 1.54) is 5.56 Å². The highest BCUT2D eigenvalue weighted by molar-refractivity contribution is 5.77. The van der Waals surface area contributed by atoms with E-state index in [-0.39, 0.29) is 18.1 Å². The molecule has 1 amide bonds. The Morgan fingerprint density at radius 2 is 2.12 bits per heavy atom. The summed E-state index contributed by atoms with van der Waals surface area (Å²) in [7, 11) is 0. The fourth-order valence-electron chi connectivity index (χ4n) is 3.08. The number of carbonyl (C=O) groups excluding carboxylic acids is 1. The third-order valence-corrected chi connectivity index (χ3v) is 4.33. The Morgan fingerprint density at radius 1 is 1.31 bits per heavy atom. The second-order valence-electron chi connectivity index (χ2n) is 6.86. The second kappa shape index (κ2) is 8.65. The first-order valence-electron chi connectivity index (χ1n) is 9.17. The molecule has 0 bridgehead atoms. The van der Waals surface area contributed by atoms with E-state index >= 15 is 0 Å². The van der Waals surface area contributed by atoms with Gasteiger partial charge in [-0.1, -0.05) is 30.3 Å². The summed E-state index contributed by atoms with van der Waals surface area (Å²) in [6, 6.07) is 10.3. The van der Waals surface area contributed by atoms with Crippen LogP contribution in [0.2, 0.25) is 0 Å². The van der Waals surface area contributed by atoms with Crippen molar-refractivity contribution in [1.29, 1.82) is 0 Å². The van der Waals surface area contributed by atoms with E-state index in [1.54, 1.807) is 12.4 Å². The highest BCUT2D eigenvalue weighted by atomic mass is 16.5. The number of ether oxygens (including phenoxy) is 1. The summed E-state index contributed by atoms with van der Waals surface area (Å²) in [4.78, 5) is 23.0. The van der Waals surface area contributed by atoms with Crippen LogP contribution in [0.15, 0.2) is 42.7 Å². The average molecular weight is 354 g/mol. The van der Waals surface area contributed by atoms with Crippen LogP contribution in [0, 0.1) is 0 Å². The molecule has 1 unspecified atom stereocenters. The largest absolute Gasteiger partial charge is 0.474 e. The normalized spacial score (nSPS) is 16.7. The summed E-state index contributed by atoms with van der Waals surface area (Å²) in [5, 5.41) is 3.37. The number of aromatic nitrogens is 2. The fraction of sp³-hybridized carbons (Fsp3) is 0.450. The molecule has 138 valence electrons. The molecule has 0 radical (unpaired) electrons. The third-order valence-electron chi connectivity index (χ3n) is 4.33. The Bertz CT molecular complexity index is 721. The Balaban J connectivity index is 1.48. The minimum Gasteiger partial charge on any atom is -0.474 e. The van der Waals surface area contributed by atoms with Gasteiger partial charge >= 0.3 is 0 Å². The van der Waals surface area contributed by atoms with E-state index in [0.29, 0.717) is 24.7 Å². The molecule has 6 nitrogen and oxygen atoms in total. The Hall–Kier alpha value is -2.63. The molecule has 0 spiro atoms. The predicted molar refractivity (Wildman–Crippen MR) is 101 cm³/mol. The smallest absolute Gasteiger partial charge is 0.234 e. The zero-order valence-electron chi connectivity index (χ0n) is 15.4. The zero-order chi connectivity index (χ0) is 18.4. The van der Waals surface area contributed by atoms with E-state index in [4.69, 9.17) is 4.74 Å². The molecule has 6 heteroatoms. The molecule has 1 atom stereocenters. The van der Waals surface area contributed by atoms with Crippen LogP contribution >= 0.6 is 0 Å². The monoisotopic (exact) mass is 354 g/mol. The SMILES string of the molecule is CC(C)Oc1cncc(NC2CCN(C(=O)CCc3ccccc3)C2)n1. The number of benzene rings is 1. The number of hydrogen-bond donors (Lipinski definition) is 1. The number of rotatable bonds is 7. The molecular formula is C20H26N4O2. The topological polar surface area (TPSA) is 67.3 Å². The second-order valence-corrected chi connectivity index (χ2v) is 6.86. The van der Waals surface area contributed by atoms with Crippen molar-refractivity contribution in [1.82, 2.24) is 14.9 Å². The lowest BCUT2D eigenvalue weighted by Crippen LogP contribution is -2.31.